The van der Waals surface area contributed by atoms with Crippen LogP contribution in [0.3, 0.4) is 0 Å². The second-order valence-corrected chi connectivity index (χ2v) is 4.51. The molecule has 1 N–H and O–H groups in total. The maximum absolute atomic E-state index is 11.7. The number of aryl methyl sites for hydroxylation is 1. The fraction of sp³-hybridized carbons (Fsp3) is 0.300. The van der Waals surface area contributed by atoms with Crippen molar-refractivity contribution in [2.45, 2.75) is 13.5 Å². The maximum atomic E-state index is 11.7. The van der Waals surface area contributed by atoms with Gasteiger partial charge in [0.2, 0.25) is 5.91 Å². The van der Waals surface area contributed by atoms with E-state index in [0.29, 0.717) is 5.82 Å². The summed E-state index contributed by atoms with van der Waals surface area (Å²) in [5.41, 5.74) is 0.918. The molecule has 17 heavy (non-hydrogen) atoms. The van der Waals surface area contributed by atoms with Crippen LogP contribution in [0, 0.1) is 6.92 Å². The number of carbonyl (C=O) groups is 1. The van der Waals surface area contributed by atoms with Crippen molar-refractivity contribution in [1.29, 1.82) is 0 Å². The highest BCUT2D eigenvalue weighted by Gasteiger charge is 2.09. The van der Waals surface area contributed by atoms with E-state index in [4.69, 9.17) is 0 Å². The Hall–Kier alpha value is -1.63. The number of carbonyl (C=O) groups excluding carboxylic acids is 1. The molecule has 2 heterocycles. The molecule has 0 aliphatic heterocycles. The lowest BCUT2D eigenvalue weighted by Gasteiger charge is -2.04. The predicted molar refractivity (Wildman–Crippen MR) is 66.5 cm³/mol. The summed E-state index contributed by atoms with van der Waals surface area (Å²) in [6.45, 7) is 2.07. The topological polar surface area (TPSA) is 64.7 Å². The van der Waals surface area contributed by atoms with Crippen LogP contribution in [0.15, 0.2) is 22.9 Å². The van der Waals surface area contributed by atoms with Crippen LogP contribution in [-0.4, -0.2) is 25.5 Å². The number of nitrogens with zero attached hydrogens (tertiary/aromatic N) is 4. The van der Waals surface area contributed by atoms with E-state index in [1.165, 1.54) is 0 Å². The van der Waals surface area contributed by atoms with Crippen LogP contribution >= 0.6 is 15.9 Å². The van der Waals surface area contributed by atoms with Crippen molar-refractivity contribution >= 4 is 27.7 Å². The van der Waals surface area contributed by atoms with Gasteiger partial charge in [-0.3, -0.25) is 14.2 Å². The molecule has 2 rings (SSSR count). The molecule has 0 aliphatic carbocycles. The Morgan fingerprint density at radius 1 is 1.59 bits per heavy atom. The molecule has 0 bridgehead atoms. The number of nitrogens with one attached hydrogen (secondary N) is 1. The Balaban J connectivity index is 2.00. The Labute approximate surface area is 107 Å². The minimum Gasteiger partial charge on any atom is -0.308 e. The molecular formula is C10H12BrN5O. The first-order valence-electron chi connectivity index (χ1n) is 5.03. The van der Waals surface area contributed by atoms with Gasteiger partial charge in [-0.1, -0.05) is 0 Å². The lowest BCUT2D eigenvalue weighted by Crippen LogP contribution is -2.20. The molecular weight excluding hydrogens is 286 g/mol. The average molecular weight is 298 g/mol. The van der Waals surface area contributed by atoms with Gasteiger partial charge in [-0.15, -0.1) is 0 Å². The van der Waals surface area contributed by atoms with Gasteiger partial charge in [0.15, 0.2) is 5.82 Å². The number of rotatable bonds is 3. The third kappa shape index (κ3) is 2.73. The Morgan fingerprint density at radius 3 is 2.88 bits per heavy atom. The normalized spacial score (nSPS) is 10.5. The molecule has 0 unspecified atom stereocenters. The van der Waals surface area contributed by atoms with E-state index in [1.807, 2.05) is 6.92 Å². The van der Waals surface area contributed by atoms with Crippen molar-refractivity contribution in [3.05, 3.63) is 28.6 Å². The standard InChI is InChI=1S/C10H12BrN5O/c1-7-8(11)5-12-16(7)6-10(17)13-9-3-4-15(2)14-9/h3-5H,6H2,1-2H3,(H,13,14,17). The largest absolute Gasteiger partial charge is 0.308 e. The number of halogens is 1. The van der Waals surface area contributed by atoms with Crippen molar-refractivity contribution in [2.24, 2.45) is 7.05 Å². The van der Waals surface area contributed by atoms with E-state index in [2.05, 4.69) is 31.4 Å². The zero-order valence-electron chi connectivity index (χ0n) is 9.51. The summed E-state index contributed by atoms with van der Waals surface area (Å²) in [5, 5.41) is 10.9. The summed E-state index contributed by atoms with van der Waals surface area (Å²) in [6.07, 6.45) is 3.44. The molecule has 0 saturated heterocycles. The van der Waals surface area contributed by atoms with Gasteiger partial charge >= 0.3 is 0 Å². The lowest BCUT2D eigenvalue weighted by molar-refractivity contribution is -0.117. The monoisotopic (exact) mass is 297 g/mol. The van der Waals surface area contributed by atoms with Gasteiger partial charge in [0.1, 0.15) is 6.54 Å². The fourth-order valence-corrected chi connectivity index (χ4v) is 1.68. The van der Waals surface area contributed by atoms with Crippen LogP contribution in [0.5, 0.6) is 0 Å². The van der Waals surface area contributed by atoms with E-state index in [1.54, 1.807) is 34.9 Å². The summed E-state index contributed by atoms with van der Waals surface area (Å²) in [7, 11) is 1.80. The highest BCUT2D eigenvalue weighted by molar-refractivity contribution is 9.10. The highest BCUT2D eigenvalue weighted by Crippen LogP contribution is 2.14. The Morgan fingerprint density at radius 2 is 2.35 bits per heavy atom. The van der Waals surface area contributed by atoms with Gasteiger partial charge in [-0.05, 0) is 22.9 Å². The molecule has 0 spiro atoms. The highest BCUT2D eigenvalue weighted by atomic mass is 79.9. The van der Waals surface area contributed by atoms with Gasteiger partial charge in [0, 0.05) is 19.3 Å². The fourth-order valence-electron chi connectivity index (χ4n) is 1.38. The quantitative estimate of drug-likeness (QED) is 0.929. The zero-order valence-corrected chi connectivity index (χ0v) is 11.1. The maximum Gasteiger partial charge on any atom is 0.247 e. The summed E-state index contributed by atoms with van der Waals surface area (Å²) in [5.74, 6) is 0.392. The van der Waals surface area contributed by atoms with Crippen molar-refractivity contribution < 1.29 is 4.79 Å². The van der Waals surface area contributed by atoms with E-state index in [-0.39, 0.29) is 12.5 Å². The minimum atomic E-state index is -0.151. The van der Waals surface area contributed by atoms with Crippen molar-refractivity contribution in [3.8, 4) is 0 Å². The summed E-state index contributed by atoms with van der Waals surface area (Å²) in [6, 6.07) is 1.74. The molecule has 0 saturated carbocycles. The molecule has 2 aromatic rings. The van der Waals surface area contributed by atoms with Gasteiger partial charge in [-0.2, -0.15) is 10.2 Å². The number of hydrogen-bond acceptors (Lipinski definition) is 3. The van der Waals surface area contributed by atoms with Crippen molar-refractivity contribution in [2.75, 3.05) is 5.32 Å². The van der Waals surface area contributed by atoms with Crippen molar-refractivity contribution in [1.82, 2.24) is 19.6 Å². The Bertz CT molecular complexity index is 545. The van der Waals surface area contributed by atoms with Crippen LogP contribution in [0.2, 0.25) is 0 Å². The Kier molecular flexibility index (Phi) is 3.28. The number of aromatic nitrogens is 4. The van der Waals surface area contributed by atoms with Crippen LogP contribution in [0.25, 0.3) is 0 Å². The molecule has 0 aliphatic rings. The molecule has 6 nitrogen and oxygen atoms in total. The van der Waals surface area contributed by atoms with Crippen LogP contribution in [0.4, 0.5) is 5.82 Å². The van der Waals surface area contributed by atoms with Gasteiger partial charge < -0.3 is 5.32 Å². The molecule has 2 aromatic heterocycles. The number of hydrogen-bond donors (Lipinski definition) is 1. The van der Waals surface area contributed by atoms with E-state index >= 15 is 0 Å². The van der Waals surface area contributed by atoms with E-state index < -0.39 is 0 Å². The summed E-state index contributed by atoms with van der Waals surface area (Å²) >= 11 is 3.35. The molecule has 0 fully saturated rings. The summed E-state index contributed by atoms with van der Waals surface area (Å²) < 4.78 is 4.15. The first-order valence-corrected chi connectivity index (χ1v) is 5.83. The van der Waals surface area contributed by atoms with Crippen LogP contribution in [0.1, 0.15) is 5.69 Å². The van der Waals surface area contributed by atoms with Gasteiger partial charge in [-0.25, -0.2) is 0 Å². The third-order valence-corrected chi connectivity index (χ3v) is 3.10. The second-order valence-electron chi connectivity index (χ2n) is 3.66. The SMILES string of the molecule is Cc1c(Br)cnn1CC(=O)Nc1ccn(C)n1. The first-order chi connectivity index (χ1) is 8.06. The van der Waals surface area contributed by atoms with Gasteiger partial charge in [0.25, 0.3) is 0 Å². The minimum absolute atomic E-state index is 0.151. The number of amides is 1. The molecule has 0 radical (unpaired) electrons. The molecule has 0 atom stereocenters. The first kappa shape index (κ1) is 11.8. The van der Waals surface area contributed by atoms with Gasteiger partial charge in [0.05, 0.1) is 16.4 Å². The average Bonchev–Trinajstić information content (AvgIpc) is 2.79. The molecule has 90 valence electrons. The zero-order chi connectivity index (χ0) is 12.4. The molecule has 7 heteroatoms. The third-order valence-electron chi connectivity index (χ3n) is 2.32. The second kappa shape index (κ2) is 4.70. The van der Waals surface area contributed by atoms with Crippen molar-refractivity contribution in [3.63, 3.8) is 0 Å². The smallest absolute Gasteiger partial charge is 0.247 e. The lowest BCUT2D eigenvalue weighted by atomic mass is 10.4. The van der Waals surface area contributed by atoms with E-state index in [0.717, 1.165) is 10.2 Å². The molecule has 1 amide bonds. The van der Waals surface area contributed by atoms with E-state index in [9.17, 15) is 4.79 Å². The van der Waals surface area contributed by atoms with Crippen LogP contribution < -0.4 is 5.32 Å². The predicted octanol–water partition coefficient (Wildman–Crippen LogP) is 1.33. The molecule has 0 aromatic carbocycles. The van der Waals surface area contributed by atoms with Crippen LogP contribution in [-0.2, 0) is 18.4 Å². The number of anilines is 1. The summed E-state index contributed by atoms with van der Waals surface area (Å²) in [4.78, 5) is 11.7.